The summed E-state index contributed by atoms with van der Waals surface area (Å²) in [6.07, 6.45) is 5.96. The van der Waals surface area contributed by atoms with E-state index in [0.29, 0.717) is 30.8 Å². The molecule has 0 aliphatic heterocycles. The topological polar surface area (TPSA) is 92.1 Å². The third-order valence-corrected chi connectivity index (χ3v) is 4.75. The summed E-state index contributed by atoms with van der Waals surface area (Å²) in [5.74, 6) is 0.514. The Bertz CT molecular complexity index is 734. The maximum absolute atomic E-state index is 12.4. The van der Waals surface area contributed by atoms with Gasteiger partial charge in [0, 0.05) is 30.7 Å². The first-order valence-corrected chi connectivity index (χ1v) is 9.21. The fourth-order valence-corrected chi connectivity index (χ4v) is 3.35. The van der Waals surface area contributed by atoms with Crippen molar-refractivity contribution < 1.29 is 9.90 Å². The zero-order valence-corrected chi connectivity index (χ0v) is 15.0. The zero-order valence-electron chi connectivity index (χ0n) is 15.0. The number of aliphatic hydroxyl groups is 1. The predicted molar refractivity (Wildman–Crippen MR) is 97.7 cm³/mol. The van der Waals surface area contributed by atoms with Crippen LogP contribution in [0.4, 0.5) is 5.95 Å². The minimum absolute atomic E-state index is 0.0718. The standard InChI is InChI=1S/C18H27N5O2/c1-3-9-19-17(25)15-10-12-11-20-18(22-16(12)23(15)4-2)21-13-5-7-14(24)8-6-13/h10-11,13-14,24H,3-9H2,1-2H3,(H,19,25)(H,20,21,22). The minimum atomic E-state index is -0.178. The summed E-state index contributed by atoms with van der Waals surface area (Å²) in [7, 11) is 0. The molecule has 1 aliphatic carbocycles. The molecule has 0 bridgehead atoms. The second-order valence-electron chi connectivity index (χ2n) is 6.65. The lowest BCUT2D eigenvalue weighted by molar-refractivity contribution is 0.0945. The summed E-state index contributed by atoms with van der Waals surface area (Å²) in [6, 6.07) is 2.14. The molecule has 3 N–H and O–H groups in total. The van der Waals surface area contributed by atoms with Crippen molar-refractivity contribution in [3.05, 3.63) is 18.0 Å². The molecule has 1 saturated carbocycles. The van der Waals surface area contributed by atoms with Gasteiger partial charge in [0.15, 0.2) is 0 Å². The Hall–Kier alpha value is -2.15. The highest BCUT2D eigenvalue weighted by Crippen LogP contribution is 2.23. The van der Waals surface area contributed by atoms with Crippen molar-refractivity contribution in [3.63, 3.8) is 0 Å². The number of aryl methyl sites for hydroxylation is 1. The number of anilines is 1. The Morgan fingerprint density at radius 1 is 1.32 bits per heavy atom. The molecule has 0 aromatic carbocycles. The molecule has 7 heteroatoms. The average molecular weight is 345 g/mol. The number of carbonyl (C=O) groups is 1. The van der Waals surface area contributed by atoms with E-state index >= 15 is 0 Å². The third-order valence-electron chi connectivity index (χ3n) is 4.75. The van der Waals surface area contributed by atoms with Gasteiger partial charge in [-0.1, -0.05) is 6.92 Å². The smallest absolute Gasteiger partial charge is 0.267 e. The Morgan fingerprint density at radius 3 is 2.76 bits per heavy atom. The van der Waals surface area contributed by atoms with Crippen LogP contribution in [-0.2, 0) is 6.54 Å². The molecule has 7 nitrogen and oxygen atoms in total. The third kappa shape index (κ3) is 3.92. The average Bonchev–Trinajstić information content (AvgIpc) is 2.99. The maximum atomic E-state index is 12.4. The van der Waals surface area contributed by atoms with E-state index in [-0.39, 0.29) is 12.0 Å². The van der Waals surface area contributed by atoms with Gasteiger partial charge in [0.1, 0.15) is 11.3 Å². The molecule has 0 spiro atoms. The summed E-state index contributed by atoms with van der Waals surface area (Å²) in [5.41, 5.74) is 1.40. The van der Waals surface area contributed by atoms with E-state index in [2.05, 4.69) is 20.6 Å². The normalized spacial score (nSPS) is 20.6. The van der Waals surface area contributed by atoms with Crippen molar-refractivity contribution in [1.82, 2.24) is 19.9 Å². The Kier molecular flexibility index (Phi) is 5.53. The number of nitrogens with one attached hydrogen (secondary N) is 2. The molecule has 0 atom stereocenters. The Morgan fingerprint density at radius 2 is 2.08 bits per heavy atom. The molecular weight excluding hydrogens is 318 g/mol. The molecule has 25 heavy (non-hydrogen) atoms. The van der Waals surface area contributed by atoms with E-state index in [0.717, 1.165) is 43.1 Å². The fraction of sp³-hybridized carbons (Fsp3) is 0.611. The van der Waals surface area contributed by atoms with Crippen molar-refractivity contribution in [2.24, 2.45) is 0 Å². The van der Waals surface area contributed by atoms with E-state index in [1.807, 2.05) is 24.5 Å². The first-order valence-electron chi connectivity index (χ1n) is 9.21. The van der Waals surface area contributed by atoms with Crippen LogP contribution in [0.15, 0.2) is 12.3 Å². The lowest BCUT2D eigenvalue weighted by atomic mass is 9.93. The van der Waals surface area contributed by atoms with Gasteiger partial charge in [0.05, 0.1) is 6.10 Å². The number of aliphatic hydroxyl groups excluding tert-OH is 1. The number of carbonyl (C=O) groups excluding carboxylic acids is 1. The quantitative estimate of drug-likeness (QED) is 0.747. The number of nitrogens with zero attached hydrogens (tertiary/aromatic N) is 3. The highest BCUT2D eigenvalue weighted by Gasteiger charge is 2.21. The first-order chi connectivity index (χ1) is 12.1. The van der Waals surface area contributed by atoms with Crippen molar-refractivity contribution in [1.29, 1.82) is 0 Å². The van der Waals surface area contributed by atoms with Gasteiger partial charge < -0.3 is 20.3 Å². The minimum Gasteiger partial charge on any atom is -0.393 e. The molecule has 3 rings (SSSR count). The number of rotatable bonds is 6. The SMILES string of the molecule is CCCNC(=O)c1cc2cnc(NC3CCC(O)CC3)nc2n1CC. The van der Waals surface area contributed by atoms with Crippen LogP contribution in [-0.4, -0.2) is 44.2 Å². The lowest BCUT2D eigenvalue weighted by Crippen LogP contribution is -2.29. The maximum Gasteiger partial charge on any atom is 0.267 e. The van der Waals surface area contributed by atoms with Gasteiger partial charge in [0.25, 0.3) is 5.91 Å². The monoisotopic (exact) mass is 345 g/mol. The van der Waals surface area contributed by atoms with Crippen LogP contribution in [0.3, 0.4) is 0 Å². The van der Waals surface area contributed by atoms with Crippen molar-refractivity contribution >= 4 is 22.9 Å². The van der Waals surface area contributed by atoms with Gasteiger partial charge in [-0.25, -0.2) is 4.98 Å². The summed E-state index contributed by atoms with van der Waals surface area (Å²) >= 11 is 0. The van der Waals surface area contributed by atoms with Crippen LogP contribution in [0.5, 0.6) is 0 Å². The van der Waals surface area contributed by atoms with E-state index in [4.69, 9.17) is 0 Å². The summed E-state index contributed by atoms with van der Waals surface area (Å²) in [6.45, 7) is 5.37. The van der Waals surface area contributed by atoms with E-state index < -0.39 is 0 Å². The second kappa shape index (κ2) is 7.82. The van der Waals surface area contributed by atoms with Crippen LogP contribution in [0.1, 0.15) is 56.4 Å². The zero-order chi connectivity index (χ0) is 17.8. The molecule has 2 aromatic heterocycles. The van der Waals surface area contributed by atoms with Crippen LogP contribution in [0.2, 0.25) is 0 Å². The highest BCUT2D eigenvalue weighted by molar-refractivity contribution is 5.97. The number of aromatic nitrogens is 3. The largest absolute Gasteiger partial charge is 0.393 e. The molecule has 1 amide bonds. The van der Waals surface area contributed by atoms with Gasteiger partial charge in [-0.05, 0) is 45.1 Å². The summed E-state index contributed by atoms with van der Waals surface area (Å²) in [5, 5.41) is 16.8. The van der Waals surface area contributed by atoms with Crippen molar-refractivity contribution in [2.45, 2.75) is 64.6 Å². The molecule has 0 saturated heterocycles. The Balaban J connectivity index is 1.82. The van der Waals surface area contributed by atoms with Crippen molar-refractivity contribution in [2.75, 3.05) is 11.9 Å². The molecule has 0 radical (unpaired) electrons. The number of hydrogen-bond donors (Lipinski definition) is 3. The van der Waals surface area contributed by atoms with E-state index in [9.17, 15) is 9.90 Å². The van der Waals surface area contributed by atoms with Gasteiger partial charge in [-0.2, -0.15) is 4.98 Å². The van der Waals surface area contributed by atoms with E-state index in [1.54, 1.807) is 6.20 Å². The molecular formula is C18H27N5O2. The Labute approximate surface area is 147 Å². The highest BCUT2D eigenvalue weighted by atomic mass is 16.3. The van der Waals surface area contributed by atoms with Crippen LogP contribution in [0, 0.1) is 0 Å². The van der Waals surface area contributed by atoms with Crippen LogP contribution in [0.25, 0.3) is 11.0 Å². The fourth-order valence-electron chi connectivity index (χ4n) is 3.35. The lowest BCUT2D eigenvalue weighted by Gasteiger charge is -2.26. The van der Waals surface area contributed by atoms with Crippen molar-refractivity contribution in [3.8, 4) is 0 Å². The van der Waals surface area contributed by atoms with Gasteiger partial charge in [0.2, 0.25) is 5.95 Å². The van der Waals surface area contributed by atoms with Crippen LogP contribution < -0.4 is 10.6 Å². The number of amides is 1. The second-order valence-corrected chi connectivity index (χ2v) is 6.65. The summed E-state index contributed by atoms with van der Waals surface area (Å²) < 4.78 is 1.93. The predicted octanol–water partition coefficient (Wildman–Crippen LogP) is 2.31. The van der Waals surface area contributed by atoms with Gasteiger partial charge in [-0.3, -0.25) is 4.79 Å². The molecule has 136 valence electrons. The molecule has 2 aromatic rings. The molecule has 1 fully saturated rings. The van der Waals surface area contributed by atoms with Gasteiger partial charge >= 0.3 is 0 Å². The first kappa shape index (κ1) is 17.7. The summed E-state index contributed by atoms with van der Waals surface area (Å²) in [4.78, 5) is 21.4. The van der Waals surface area contributed by atoms with Gasteiger partial charge in [-0.15, -0.1) is 0 Å². The molecule has 2 heterocycles. The molecule has 1 aliphatic rings. The molecule has 0 unspecified atom stereocenters. The van der Waals surface area contributed by atoms with Crippen LogP contribution >= 0.6 is 0 Å². The number of hydrogen-bond acceptors (Lipinski definition) is 5. The number of fused-ring (bicyclic) bond motifs is 1. The van der Waals surface area contributed by atoms with E-state index in [1.165, 1.54) is 0 Å².